The van der Waals surface area contributed by atoms with Crippen molar-refractivity contribution in [1.82, 2.24) is 15.0 Å². The lowest BCUT2D eigenvalue weighted by atomic mass is 9.91. The van der Waals surface area contributed by atoms with Gasteiger partial charge in [-0.2, -0.15) is 0 Å². The second-order valence-electron chi connectivity index (χ2n) is 6.41. The summed E-state index contributed by atoms with van der Waals surface area (Å²) in [6, 6.07) is 0.967. The first kappa shape index (κ1) is 18.0. The number of amides is 1. The van der Waals surface area contributed by atoms with Gasteiger partial charge in [0, 0.05) is 19.1 Å². The first-order chi connectivity index (χ1) is 12.5. The molecule has 3 rings (SSSR count). The Labute approximate surface area is 150 Å². The van der Waals surface area contributed by atoms with E-state index in [2.05, 4.69) is 20.3 Å². The predicted octanol–water partition coefficient (Wildman–Crippen LogP) is 1.56. The molecule has 138 valence electrons. The van der Waals surface area contributed by atoms with Gasteiger partial charge in [-0.3, -0.25) is 4.79 Å². The number of nitrogens with one attached hydrogen (secondary N) is 1. The molecule has 0 spiro atoms. The van der Waals surface area contributed by atoms with Crippen LogP contribution in [-0.4, -0.2) is 40.0 Å². The maximum Gasteiger partial charge on any atom is 0.252 e. The molecule has 1 aliphatic carbocycles. The van der Waals surface area contributed by atoms with Crippen molar-refractivity contribution in [3.05, 3.63) is 36.2 Å². The standard InChI is InChI=1S/C17H22FN7O/c1-25(10-7-21-9-22-8-10)17-11(15(20)26)6-12(18)16(24-17)23-14-5-3-2-4-13(14)19/h6-9,13-14H,2-5,19H2,1H3,(H2,20,26)(H,23,24)/t13-,14+/m0/s1. The average Bonchev–Trinajstić information content (AvgIpc) is 2.64. The van der Waals surface area contributed by atoms with E-state index in [1.54, 1.807) is 24.3 Å². The quantitative estimate of drug-likeness (QED) is 0.740. The number of pyridine rings is 1. The van der Waals surface area contributed by atoms with E-state index in [1.807, 2.05) is 0 Å². The third-order valence-electron chi connectivity index (χ3n) is 4.61. The maximum absolute atomic E-state index is 14.5. The Morgan fingerprint density at radius 3 is 2.65 bits per heavy atom. The van der Waals surface area contributed by atoms with E-state index in [-0.39, 0.29) is 29.3 Å². The van der Waals surface area contributed by atoms with Gasteiger partial charge in [0.1, 0.15) is 12.1 Å². The number of carbonyl (C=O) groups is 1. The normalized spacial score (nSPS) is 19.8. The van der Waals surface area contributed by atoms with Crippen LogP contribution in [0.25, 0.3) is 0 Å². The van der Waals surface area contributed by atoms with Crippen molar-refractivity contribution >= 4 is 23.2 Å². The average molecular weight is 359 g/mol. The largest absolute Gasteiger partial charge is 0.365 e. The molecule has 0 aromatic carbocycles. The van der Waals surface area contributed by atoms with Crippen LogP contribution in [0.3, 0.4) is 0 Å². The molecule has 0 unspecified atom stereocenters. The topological polar surface area (TPSA) is 123 Å². The minimum atomic E-state index is -0.768. The van der Waals surface area contributed by atoms with Gasteiger partial charge in [0.05, 0.1) is 23.6 Å². The molecule has 1 saturated carbocycles. The molecule has 9 heteroatoms. The Morgan fingerprint density at radius 2 is 2.00 bits per heavy atom. The van der Waals surface area contributed by atoms with Crippen LogP contribution in [0.1, 0.15) is 36.0 Å². The summed E-state index contributed by atoms with van der Waals surface area (Å²) in [5.41, 5.74) is 12.1. The summed E-state index contributed by atoms with van der Waals surface area (Å²) < 4.78 is 14.5. The Morgan fingerprint density at radius 1 is 1.31 bits per heavy atom. The lowest BCUT2D eigenvalue weighted by Crippen LogP contribution is -2.43. The number of anilines is 3. The highest BCUT2D eigenvalue weighted by molar-refractivity contribution is 5.98. The molecule has 0 bridgehead atoms. The summed E-state index contributed by atoms with van der Waals surface area (Å²) in [4.78, 5) is 25.6. The molecular weight excluding hydrogens is 337 g/mol. The fraction of sp³-hybridized carbons (Fsp3) is 0.412. The van der Waals surface area contributed by atoms with Crippen LogP contribution < -0.4 is 21.7 Å². The number of nitrogens with zero attached hydrogens (tertiary/aromatic N) is 4. The first-order valence-corrected chi connectivity index (χ1v) is 8.48. The molecule has 5 N–H and O–H groups in total. The van der Waals surface area contributed by atoms with Gasteiger partial charge in [0.2, 0.25) is 0 Å². The highest BCUT2D eigenvalue weighted by atomic mass is 19.1. The molecule has 2 aromatic heterocycles. The van der Waals surface area contributed by atoms with Crippen molar-refractivity contribution in [1.29, 1.82) is 0 Å². The second-order valence-corrected chi connectivity index (χ2v) is 6.41. The van der Waals surface area contributed by atoms with Crippen LogP contribution in [0, 0.1) is 5.82 Å². The summed E-state index contributed by atoms with van der Waals surface area (Å²) in [5.74, 6) is -1.13. The highest BCUT2D eigenvalue weighted by Gasteiger charge is 2.25. The molecule has 1 aliphatic rings. The van der Waals surface area contributed by atoms with Crippen molar-refractivity contribution < 1.29 is 9.18 Å². The smallest absolute Gasteiger partial charge is 0.252 e. The predicted molar refractivity (Wildman–Crippen MR) is 96.7 cm³/mol. The zero-order valence-electron chi connectivity index (χ0n) is 14.5. The Hall–Kier alpha value is -2.81. The summed E-state index contributed by atoms with van der Waals surface area (Å²) in [6.45, 7) is 0. The number of aromatic nitrogens is 3. The molecule has 1 fully saturated rings. The molecule has 2 atom stereocenters. The van der Waals surface area contributed by atoms with E-state index in [4.69, 9.17) is 11.5 Å². The molecule has 1 amide bonds. The lowest BCUT2D eigenvalue weighted by Gasteiger charge is -2.30. The third kappa shape index (κ3) is 3.72. The SMILES string of the molecule is CN(c1cncnc1)c1nc(N[C@@H]2CCCC[C@@H]2N)c(F)cc1C(N)=O. The van der Waals surface area contributed by atoms with Crippen LogP contribution in [0.5, 0.6) is 0 Å². The molecule has 0 radical (unpaired) electrons. The van der Waals surface area contributed by atoms with E-state index < -0.39 is 11.7 Å². The van der Waals surface area contributed by atoms with Gasteiger partial charge in [-0.1, -0.05) is 12.8 Å². The van der Waals surface area contributed by atoms with E-state index in [1.165, 1.54) is 6.33 Å². The number of hydrogen-bond acceptors (Lipinski definition) is 7. The summed E-state index contributed by atoms with van der Waals surface area (Å²) in [6.07, 6.45) is 8.34. The summed E-state index contributed by atoms with van der Waals surface area (Å²) in [5, 5.41) is 3.09. The van der Waals surface area contributed by atoms with Crippen LogP contribution in [0.2, 0.25) is 0 Å². The maximum atomic E-state index is 14.5. The summed E-state index contributed by atoms with van der Waals surface area (Å²) >= 11 is 0. The zero-order chi connectivity index (χ0) is 18.7. The van der Waals surface area contributed by atoms with Crippen molar-refractivity contribution in [2.75, 3.05) is 17.3 Å². The van der Waals surface area contributed by atoms with Crippen molar-refractivity contribution in [3.8, 4) is 0 Å². The number of nitrogens with two attached hydrogens (primary N) is 2. The van der Waals surface area contributed by atoms with Crippen molar-refractivity contribution in [2.24, 2.45) is 11.5 Å². The molecule has 2 aromatic rings. The van der Waals surface area contributed by atoms with Crippen LogP contribution in [0.4, 0.5) is 21.7 Å². The van der Waals surface area contributed by atoms with Crippen molar-refractivity contribution in [3.63, 3.8) is 0 Å². The third-order valence-corrected chi connectivity index (χ3v) is 4.61. The number of primary amides is 1. The fourth-order valence-corrected chi connectivity index (χ4v) is 3.12. The van der Waals surface area contributed by atoms with Gasteiger partial charge in [0.25, 0.3) is 5.91 Å². The summed E-state index contributed by atoms with van der Waals surface area (Å²) in [7, 11) is 1.68. The number of carbonyl (C=O) groups excluding carboxylic acids is 1. The molecule has 0 aliphatic heterocycles. The van der Waals surface area contributed by atoms with Crippen molar-refractivity contribution in [2.45, 2.75) is 37.8 Å². The second kappa shape index (κ2) is 7.61. The molecule has 2 heterocycles. The number of hydrogen-bond donors (Lipinski definition) is 3. The Kier molecular flexibility index (Phi) is 5.27. The monoisotopic (exact) mass is 359 g/mol. The molecule has 0 saturated heterocycles. The van der Waals surface area contributed by atoms with Gasteiger partial charge in [-0.05, 0) is 18.9 Å². The molecule has 26 heavy (non-hydrogen) atoms. The van der Waals surface area contributed by atoms with Gasteiger partial charge in [-0.25, -0.2) is 19.3 Å². The molecular formula is C17H22FN7O. The van der Waals surface area contributed by atoms with Gasteiger partial charge < -0.3 is 21.7 Å². The van der Waals surface area contributed by atoms with Crippen LogP contribution in [0.15, 0.2) is 24.8 Å². The lowest BCUT2D eigenvalue weighted by molar-refractivity contribution is 0.1000. The fourth-order valence-electron chi connectivity index (χ4n) is 3.12. The first-order valence-electron chi connectivity index (χ1n) is 8.48. The van der Waals surface area contributed by atoms with Crippen LogP contribution >= 0.6 is 0 Å². The van der Waals surface area contributed by atoms with E-state index in [0.717, 1.165) is 31.7 Å². The number of halogens is 1. The zero-order valence-corrected chi connectivity index (χ0v) is 14.5. The van der Waals surface area contributed by atoms with Gasteiger partial charge in [0.15, 0.2) is 11.6 Å². The van der Waals surface area contributed by atoms with Crippen LogP contribution in [-0.2, 0) is 0 Å². The van der Waals surface area contributed by atoms with Gasteiger partial charge in [-0.15, -0.1) is 0 Å². The Bertz CT molecular complexity index is 786. The minimum Gasteiger partial charge on any atom is -0.365 e. The van der Waals surface area contributed by atoms with E-state index >= 15 is 0 Å². The van der Waals surface area contributed by atoms with E-state index in [9.17, 15) is 9.18 Å². The Balaban J connectivity index is 1.97. The highest BCUT2D eigenvalue weighted by Crippen LogP contribution is 2.29. The molecule has 8 nitrogen and oxygen atoms in total. The minimum absolute atomic E-state index is 0.0210. The van der Waals surface area contributed by atoms with Gasteiger partial charge >= 0.3 is 0 Å². The number of rotatable bonds is 5. The van der Waals surface area contributed by atoms with E-state index in [0.29, 0.717) is 5.69 Å².